The molecule has 2 rings (SSSR count). The fourth-order valence-electron chi connectivity index (χ4n) is 7.50. The maximum absolute atomic E-state index is 13.3. The van der Waals surface area contributed by atoms with E-state index in [0.717, 1.165) is 0 Å². The Kier molecular flexibility index (Phi) is 17.9. The van der Waals surface area contributed by atoms with Crippen LogP contribution in [0.25, 0.3) is 0 Å². The van der Waals surface area contributed by atoms with Gasteiger partial charge in [-0.2, -0.15) is 105 Å². The highest BCUT2D eigenvalue weighted by molar-refractivity contribution is 5.76. The van der Waals surface area contributed by atoms with Crippen molar-refractivity contribution < 1.29 is 145 Å². The van der Waals surface area contributed by atoms with E-state index in [-0.39, 0.29) is 12.8 Å². The number of hydrogen-bond acceptors (Lipinski definition) is 8. The number of carbonyl (C=O) groups excluding carboxylic acids is 2. The molecule has 0 heterocycles. The molecule has 404 valence electrons. The van der Waals surface area contributed by atoms with E-state index in [0.29, 0.717) is 0 Å². The van der Waals surface area contributed by atoms with E-state index >= 15 is 0 Å². The van der Waals surface area contributed by atoms with E-state index in [9.17, 15) is 135 Å². The standard InChI is InChI=1S/2C18H22F12O4/c2*1-4-12(2,3)11(31)34-10-6-8(13(32,15(19,20)21)16(22,23)24)5-9(7-10)14(33,17(25,26)27)18(28,29)30/h2*8-10,32-33H,4-7H2,1-3H3. The Labute approximate surface area is 368 Å². The van der Waals surface area contributed by atoms with Crippen molar-refractivity contribution in [3.63, 3.8) is 0 Å². The van der Waals surface area contributed by atoms with Gasteiger partial charge in [0.2, 0.25) is 0 Å². The lowest BCUT2D eigenvalue weighted by atomic mass is 9.65. The highest BCUT2D eigenvalue weighted by Gasteiger charge is 2.80. The Balaban J connectivity index is 0.000000680. The summed E-state index contributed by atoms with van der Waals surface area (Å²) in [7, 11) is 0. The molecule has 0 amide bonds. The summed E-state index contributed by atoms with van der Waals surface area (Å²) >= 11 is 0. The number of alkyl halides is 24. The van der Waals surface area contributed by atoms with Gasteiger partial charge in [-0.1, -0.05) is 13.8 Å². The monoisotopic (exact) mass is 1060 g/mol. The predicted octanol–water partition coefficient (Wildman–Crippen LogP) is 10.9. The van der Waals surface area contributed by atoms with Crippen LogP contribution in [0.4, 0.5) is 105 Å². The first-order valence-electron chi connectivity index (χ1n) is 19.4. The zero-order valence-electron chi connectivity index (χ0n) is 35.6. The Morgan fingerprint density at radius 2 is 0.500 bits per heavy atom. The molecular formula is C36H44F24O8. The van der Waals surface area contributed by atoms with E-state index in [4.69, 9.17) is 9.47 Å². The second kappa shape index (κ2) is 19.3. The number of carbonyl (C=O) groups is 2. The van der Waals surface area contributed by atoms with E-state index < -0.39 is 169 Å². The lowest BCUT2D eigenvalue weighted by Gasteiger charge is -2.48. The third kappa shape index (κ3) is 11.9. The zero-order valence-corrected chi connectivity index (χ0v) is 35.6. The zero-order chi connectivity index (χ0) is 54.7. The van der Waals surface area contributed by atoms with E-state index in [1.165, 1.54) is 41.5 Å². The normalized spacial score (nSPS) is 24.2. The van der Waals surface area contributed by atoms with Crippen molar-refractivity contribution in [1.29, 1.82) is 0 Å². The van der Waals surface area contributed by atoms with Crippen molar-refractivity contribution in [1.82, 2.24) is 0 Å². The maximum Gasteiger partial charge on any atom is 0.426 e. The first kappa shape index (κ1) is 63.1. The summed E-state index contributed by atoms with van der Waals surface area (Å²) in [4.78, 5) is 24.5. The molecule has 2 saturated carbocycles. The maximum atomic E-state index is 13.3. The molecule has 2 fully saturated rings. The Morgan fingerprint density at radius 3 is 0.618 bits per heavy atom. The number of rotatable bonds is 10. The summed E-state index contributed by atoms with van der Waals surface area (Å²) in [5.74, 6) is -16.1. The van der Waals surface area contributed by atoms with Gasteiger partial charge >= 0.3 is 61.3 Å². The molecule has 4 N–H and O–H groups in total. The van der Waals surface area contributed by atoms with Crippen LogP contribution in [0.5, 0.6) is 0 Å². The van der Waals surface area contributed by atoms with Gasteiger partial charge in [-0.3, -0.25) is 9.59 Å². The summed E-state index contributed by atoms with van der Waals surface area (Å²) < 4.78 is 329. The van der Waals surface area contributed by atoms with Crippen molar-refractivity contribution in [2.24, 2.45) is 34.5 Å². The summed E-state index contributed by atoms with van der Waals surface area (Å²) in [6.45, 7) is 7.64. The summed E-state index contributed by atoms with van der Waals surface area (Å²) in [5, 5.41) is 38.5. The van der Waals surface area contributed by atoms with Crippen LogP contribution >= 0.6 is 0 Å². The first-order chi connectivity index (χ1) is 29.5. The molecule has 0 saturated heterocycles. The second-order valence-electron chi connectivity index (χ2n) is 17.8. The summed E-state index contributed by atoms with van der Waals surface area (Å²) in [6, 6.07) is 0. The van der Waals surface area contributed by atoms with Crippen molar-refractivity contribution in [2.45, 2.75) is 177 Å². The Bertz CT molecular complexity index is 1450. The molecule has 0 radical (unpaired) electrons. The number of esters is 2. The predicted molar refractivity (Wildman–Crippen MR) is 178 cm³/mol. The minimum Gasteiger partial charge on any atom is -0.462 e. The fourth-order valence-corrected chi connectivity index (χ4v) is 7.50. The Morgan fingerprint density at radius 1 is 0.353 bits per heavy atom. The average molecular weight is 1060 g/mol. The summed E-state index contributed by atoms with van der Waals surface area (Å²) in [6.07, 6.45) is -68.0. The van der Waals surface area contributed by atoms with Gasteiger partial charge in [-0.05, 0) is 79.1 Å². The number of hydrogen-bond donors (Lipinski definition) is 4. The quantitative estimate of drug-likeness (QED) is 0.126. The minimum atomic E-state index is -6.58. The highest BCUT2D eigenvalue weighted by Crippen LogP contribution is 2.60. The van der Waals surface area contributed by atoms with Crippen LogP contribution in [0, 0.1) is 34.5 Å². The molecule has 0 bridgehead atoms. The van der Waals surface area contributed by atoms with E-state index in [1.54, 1.807) is 0 Å². The molecule has 32 heteroatoms. The van der Waals surface area contributed by atoms with Crippen molar-refractivity contribution in [2.75, 3.05) is 0 Å². The van der Waals surface area contributed by atoms with E-state index in [1.807, 2.05) is 0 Å². The molecule has 68 heavy (non-hydrogen) atoms. The summed E-state index contributed by atoms with van der Waals surface area (Å²) in [5.41, 5.74) is -25.9. The van der Waals surface area contributed by atoms with Gasteiger partial charge in [0.1, 0.15) is 12.2 Å². The van der Waals surface area contributed by atoms with Crippen LogP contribution in [-0.4, -0.2) is 116 Å². The van der Waals surface area contributed by atoms with Crippen LogP contribution in [0.15, 0.2) is 0 Å². The van der Waals surface area contributed by atoms with Crippen molar-refractivity contribution in [3.8, 4) is 0 Å². The van der Waals surface area contributed by atoms with Crippen LogP contribution in [0.3, 0.4) is 0 Å². The molecule has 2 aliphatic carbocycles. The third-order valence-electron chi connectivity index (χ3n) is 12.6. The lowest BCUT2D eigenvalue weighted by Crippen LogP contribution is -2.67. The molecule has 4 atom stereocenters. The van der Waals surface area contributed by atoms with Gasteiger partial charge in [-0.25, -0.2) is 0 Å². The van der Waals surface area contributed by atoms with Crippen molar-refractivity contribution >= 4 is 11.9 Å². The lowest BCUT2D eigenvalue weighted by molar-refractivity contribution is -0.406. The second-order valence-corrected chi connectivity index (χ2v) is 17.8. The van der Waals surface area contributed by atoms with Gasteiger partial charge in [0.15, 0.2) is 0 Å². The van der Waals surface area contributed by atoms with Crippen LogP contribution in [0.1, 0.15) is 92.9 Å². The molecule has 2 aliphatic rings. The SMILES string of the molecule is CCC(C)(C)C(=O)OC1CC(C(O)(C(F)(F)F)C(F)(F)F)CC(C(O)(C(F)(F)F)C(F)(F)F)C1.CCC(C)(C)C(=O)OC1CC(C(O)(C(F)(F)F)C(F)(F)F)CC(C(O)(C(F)(F)F)C(F)(F)F)C1. The van der Waals surface area contributed by atoms with Gasteiger partial charge in [0.05, 0.1) is 10.8 Å². The first-order valence-corrected chi connectivity index (χ1v) is 19.4. The largest absolute Gasteiger partial charge is 0.462 e. The number of aliphatic hydroxyl groups is 4. The number of halogens is 24. The molecule has 4 unspecified atom stereocenters. The molecule has 0 aromatic heterocycles. The van der Waals surface area contributed by atoms with Gasteiger partial charge in [0.25, 0.3) is 22.4 Å². The van der Waals surface area contributed by atoms with Crippen LogP contribution in [0.2, 0.25) is 0 Å². The molecule has 0 spiro atoms. The fraction of sp³-hybridized carbons (Fsp3) is 0.944. The molecule has 0 aromatic rings. The Hall–Kier alpha value is -2.90. The molecule has 0 aromatic carbocycles. The van der Waals surface area contributed by atoms with Gasteiger partial charge in [-0.15, -0.1) is 0 Å². The van der Waals surface area contributed by atoms with E-state index in [2.05, 4.69) is 0 Å². The van der Waals surface area contributed by atoms with Crippen LogP contribution < -0.4 is 0 Å². The van der Waals surface area contributed by atoms with Gasteiger partial charge < -0.3 is 29.9 Å². The molecular weight excluding hydrogens is 1020 g/mol. The minimum absolute atomic E-state index is 0.0184. The average Bonchev–Trinajstić information content (AvgIpc) is 3.12. The smallest absolute Gasteiger partial charge is 0.426 e. The molecule has 8 nitrogen and oxygen atoms in total. The molecule has 0 aliphatic heterocycles. The van der Waals surface area contributed by atoms with Gasteiger partial charge in [0, 0.05) is 23.7 Å². The number of ether oxygens (including phenoxy) is 2. The van der Waals surface area contributed by atoms with Crippen molar-refractivity contribution in [3.05, 3.63) is 0 Å². The topological polar surface area (TPSA) is 134 Å². The highest BCUT2D eigenvalue weighted by atomic mass is 19.4. The van der Waals surface area contributed by atoms with Crippen LogP contribution in [-0.2, 0) is 19.1 Å². The third-order valence-corrected chi connectivity index (χ3v) is 12.6.